The van der Waals surface area contributed by atoms with Crippen LogP contribution in [-0.4, -0.2) is 5.91 Å². The van der Waals surface area contributed by atoms with Gasteiger partial charge in [-0.3, -0.25) is 4.79 Å². The molecule has 20 heavy (non-hydrogen) atoms. The molecule has 2 aromatic carbocycles. The molecule has 1 amide bonds. The fourth-order valence-corrected chi connectivity index (χ4v) is 2.34. The molecule has 0 saturated heterocycles. The number of nitrogens with one attached hydrogen (secondary N) is 1. The first-order valence-electron chi connectivity index (χ1n) is 6.00. The van der Waals surface area contributed by atoms with Crippen LogP contribution in [0.15, 0.2) is 42.5 Å². The standard InChI is InChI=1S/C16H9ClN2O/c17-12-4-5-15-13(8-12)14(16(20)19-15)7-10-2-1-3-11(6-10)9-18/h1-8H,(H,19,20). The molecule has 0 radical (unpaired) electrons. The normalized spacial score (nSPS) is 14.8. The summed E-state index contributed by atoms with van der Waals surface area (Å²) >= 11 is 5.98. The van der Waals surface area contributed by atoms with Gasteiger partial charge in [-0.25, -0.2) is 0 Å². The lowest BCUT2D eigenvalue weighted by molar-refractivity contribution is -0.110. The first-order chi connectivity index (χ1) is 9.67. The van der Waals surface area contributed by atoms with Crippen molar-refractivity contribution in [3.8, 4) is 6.07 Å². The van der Waals surface area contributed by atoms with E-state index in [2.05, 4.69) is 11.4 Å². The van der Waals surface area contributed by atoms with E-state index in [0.29, 0.717) is 16.2 Å². The third-order valence-corrected chi connectivity index (χ3v) is 3.33. The number of amides is 1. The number of carbonyl (C=O) groups excluding carboxylic acids is 1. The largest absolute Gasteiger partial charge is 0.321 e. The predicted octanol–water partition coefficient (Wildman–Crippen LogP) is 3.70. The minimum atomic E-state index is -0.162. The van der Waals surface area contributed by atoms with Crippen LogP contribution in [0, 0.1) is 11.3 Å². The molecule has 0 unspecified atom stereocenters. The van der Waals surface area contributed by atoms with Crippen molar-refractivity contribution in [3.63, 3.8) is 0 Å². The summed E-state index contributed by atoms with van der Waals surface area (Å²) in [6.07, 6.45) is 1.76. The minimum absolute atomic E-state index is 0.162. The maximum absolute atomic E-state index is 12.0. The number of rotatable bonds is 1. The summed E-state index contributed by atoms with van der Waals surface area (Å²) in [5.74, 6) is -0.162. The van der Waals surface area contributed by atoms with E-state index in [9.17, 15) is 4.79 Å². The average Bonchev–Trinajstić information content (AvgIpc) is 2.75. The quantitative estimate of drug-likeness (QED) is 0.810. The Morgan fingerprint density at radius 3 is 2.85 bits per heavy atom. The van der Waals surface area contributed by atoms with Gasteiger partial charge in [0.2, 0.25) is 0 Å². The van der Waals surface area contributed by atoms with Crippen LogP contribution >= 0.6 is 11.6 Å². The van der Waals surface area contributed by atoms with Crippen molar-refractivity contribution in [3.05, 3.63) is 64.2 Å². The molecule has 3 rings (SSSR count). The fraction of sp³-hybridized carbons (Fsp3) is 0. The molecule has 0 spiro atoms. The molecular formula is C16H9ClN2O. The highest BCUT2D eigenvalue weighted by atomic mass is 35.5. The summed E-state index contributed by atoms with van der Waals surface area (Å²) in [4.78, 5) is 12.0. The van der Waals surface area contributed by atoms with Crippen molar-refractivity contribution in [2.45, 2.75) is 0 Å². The molecule has 96 valence electrons. The minimum Gasteiger partial charge on any atom is -0.321 e. The van der Waals surface area contributed by atoms with Crippen LogP contribution in [0.5, 0.6) is 0 Å². The van der Waals surface area contributed by atoms with Gasteiger partial charge < -0.3 is 5.32 Å². The summed E-state index contributed by atoms with van der Waals surface area (Å²) in [6, 6.07) is 14.5. The fourth-order valence-electron chi connectivity index (χ4n) is 2.17. The second kappa shape index (κ2) is 4.84. The molecule has 0 aromatic heterocycles. The Kier molecular flexibility index (Phi) is 3.02. The van der Waals surface area contributed by atoms with Crippen molar-refractivity contribution < 1.29 is 4.79 Å². The van der Waals surface area contributed by atoms with E-state index >= 15 is 0 Å². The van der Waals surface area contributed by atoms with Crippen LogP contribution in [-0.2, 0) is 4.79 Å². The van der Waals surface area contributed by atoms with Gasteiger partial charge in [0.1, 0.15) is 0 Å². The van der Waals surface area contributed by atoms with E-state index in [1.54, 1.807) is 42.5 Å². The molecule has 4 heteroatoms. The first kappa shape index (κ1) is 12.5. The zero-order valence-corrected chi connectivity index (χ0v) is 11.1. The van der Waals surface area contributed by atoms with E-state index < -0.39 is 0 Å². The zero-order chi connectivity index (χ0) is 14.1. The van der Waals surface area contributed by atoms with E-state index in [1.807, 2.05) is 6.07 Å². The molecule has 0 saturated carbocycles. The summed E-state index contributed by atoms with van der Waals surface area (Å²) in [5, 5.41) is 12.3. The van der Waals surface area contributed by atoms with Crippen LogP contribution in [0.2, 0.25) is 5.02 Å². The van der Waals surface area contributed by atoms with Crippen LogP contribution in [0.3, 0.4) is 0 Å². The predicted molar refractivity (Wildman–Crippen MR) is 79.1 cm³/mol. The van der Waals surface area contributed by atoms with Crippen molar-refractivity contribution in [1.29, 1.82) is 5.26 Å². The molecule has 1 heterocycles. The third-order valence-electron chi connectivity index (χ3n) is 3.09. The number of hydrogen-bond acceptors (Lipinski definition) is 2. The van der Waals surface area contributed by atoms with Gasteiger partial charge in [0.05, 0.1) is 11.6 Å². The van der Waals surface area contributed by atoms with Gasteiger partial charge >= 0.3 is 0 Å². The Morgan fingerprint density at radius 2 is 2.05 bits per heavy atom. The molecule has 0 fully saturated rings. The third kappa shape index (κ3) is 2.18. The zero-order valence-electron chi connectivity index (χ0n) is 10.4. The molecule has 0 aliphatic carbocycles. The summed E-state index contributed by atoms with van der Waals surface area (Å²) in [7, 11) is 0. The maximum atomic E-state index is 12.0. The lowest BCUT2D eigenvalue weighted by Gasteiger charge is -2.00. The SMILES string of the molecule is N#Cc1cccc(C=C2C(=O)Nc3ccc(Cl)cc32)c1. The lowest BCUT2D eigenvalue weighted by atomic mass is 10.0. The van der Waals surface area contributed by atoms with Gasteiger partial charge in [0, 0.05) is 21.8 Å². The smallest absolute Gasteiger partial charge is 0.256 e. The lowest BCUT2D eigenvalue weighted by Crippen LogP contribution is -2.03. The van der Waals surface area contributed by atoms with Crippen LogP contribution in [0.4, 0.5) is 5.69 Å². The van der Waals surface area contributed by atoms with Crippen LogP contribution < -0.4 is 5.32 Å². The number of benzene rings is 2. The molecule has 1 aliphatic heterocycles. The van der Waals surface area contributed by atoms with E-state index in [0.717, 1.165) is 16.8 Å². The number of halogens is 1. The molecule has 2 aromatic rings. The van der Waals surface area contributed by atoms with Gasteiger partial charge in [-0.2, -0.15) is 5.26 Å². The van der Waals surface area contributed by atoms with E-state index in [-0.39, 0.29) is 5.91 Å². The van der Waals surface area contributed by atoms with Crippen LogP contribution in [0.1, 0.15) is 16.7 Å². The number of hydrogen-bond donors (Lipinski definition) is 1. The molecule has 0 bridgehead atoms. The van der Waals surface area contributed by atoms with Gasteiger partial charge in [0.15, 0.2) is 0 Å². The van der Waals surface area contributed by atoms with Gasteiger partial charge in [0.25, 0.3) is 5.91 Å². The van der Waals surface area contributed by atoms with Crippen molar-refractivity contribution >= 4 is 34.8 Å². The Labute approximate surface area is 121 Å². The molecule has 1 aliphatic rings. The Morgan fingerprint density at radius 1 is 1.20 bits per heavy atom. The Balaban J connectivity index is 2.11. The van der Waals surface area contributed by atoms with Crippen molar-refractivity contribution in [1.82, 2.24) is 0 Å². The molecule has 3 nitrogen and oxygen atoms in total. The molecule has 1 N–H and O–H groups in total. The summed E-state index contributed by atoms with van der Waals surface area (Å²) < 4.78 is 0. The highest BCUT2D eigenvalue weighted by molar-refractivity contribution is 6.36. The summed E-state index contributed by atoms with van der Waals surface area (Å²) in [5.41, 5.74) is 3.45. The number of nitrogens with zero attached hydrogens (tertiary/aromatic N) is 1. The second-order valence-corrected chi connectivity index (χ2v) is 4.88. The first-order valence-corrected chi connectivity index (χ1v) is 6.38. The maximum Gasteiger partial charge on any atom is 0.256 e. The highest BCUT2D eigenvalue weighted by Gasteiger charge is 2.24. The Hall–Kier alpha value is -2.57. The highest BCUT2D eigenvalue weighted by Crippen LogP contribution is 2.34. The summed E-state index contributed by atoms with van der Waals surface area (Å²) in [6.45, 7) is 0. The molecular weight excluding hydrogens is 272 g/mol. The number of carbonyl (C=O) groups is 1. The molecule has 0 atom stereocenters. The second-order valence-electron chi connectivity index (χ2n) is 4.44. The monoisotopic (exact) mass is 280 g/mol. The number of fused-ring (bicyclic) bond motifs is 1. The topological polar surface area (TPSA) is 52.9 Å². The van der Waals surface area contributed by atoms with Gasteiger partial charge in [-0.1, -0.05) is 23.7 Å². The Bertz CT molecular complexity index is 787. The number of nitriles is 1. The van der Waals surface area contributed by atoms with Gasteiger partial charge in [-0.05, 0) is 42.0 Å². The van der Waals surface area contributed by atoms with Crippen molar-refractivity contribution in [2.75, 3.05) is 5.32 Å². The van der Waals surface area contributed by atoms with Crippen LogP contribution in [0.25, 0.3) is 11.6 Å². The van der Waals surface area contributed by atoms with Crippen molar-refractivity contribution in [2.24, 2.45) is 0 Å². The van der Waals surface area contributed by atoms with Gasteiger partial charge in [-0.15, -0.1) is 0 Å². The van der Waals surface area contributed by atoms with E-state index in [1.165, 1.54) is 0 Å². The average molecular weight is 281 g/mol. The number of anilines is 1. The van der Waals surface area contributed by atoms with E-state index in [4.69, 9.17) is 16.9 Å².